The van der Waals surface area contributed by atoms with E-state index in [0.29, 0.717) is 12.2 Å². The number of anilines is 1. The minimum absolute atomic E-state index is 0.0117. The van der Waals surface area contributed by atoms with E-state index < -0.39 is 0 Å². The van der Waals surface area contributed by atoms with Gasteiger partial charge in [0.15, 0.2) is 11.5 Å². The first-order valence-electron chi connectivity index (χ1n) is 12.0. The van der Waals surface area contributed by atoms with Gasteiger partial charge in [0.05, 0.1) is 0 Å². The molecule has 176 valence electrons. The normalized spacial score (nSPS) is 15.5. The Morgan fingerprint density at radius 2 is 1.83 bits per heavy atom. The van der Waals surface area contributed by atoms with Crippen molar-refractivity contribution < 1.29 is 4.79 Å². The number of carbonyl (C=O) groups excluding carboxylic acids is 1. The number of hydrogen-bond donors (Lipinski definition) is 2. The zero-order valence-corrected chi connectivity index (χ0v) is 19.2. The number of fused-ring (bicyclic) bond motifs is 2. The Morgan fingerprint density at radius 3 is 2.69 bits per heavy atom. The summed E-state index contributed by atoms with van der Waals surface area (Å²) in [6.45, 7) is 2.09. The fourth-order valence-electron chi connectivity index (χ4n) is 5.00. The topological polar surface area (TPSA) is 104 Å². The number of aromatic amines is 1. The smallest absolute Gasteiger partial charge is 0.223 e. The number of rotatable bonds is 6. The van der Waals surface area contributed by atoms with Crippen LogP contribution in [0.2, 0.25) is 0 Å². The standard InChI is InChI=1S/C26H26N8O/c35-26(19-12-14-33(15-13-19)25-11-10-24-29-31-32-34(24)30-25)28-16-21(18-6-2-1-3-7-18)22-17-27-23-9-5-4-8-20(22)23/h1-11,17,19,21,27H,12-16H2,(H,28,35)/t21-/m1/s1. The summed E-state index contributed by atoms with van der Waals surface area (Å²) >= 11 is 0. The molecule has 0 radical (unpaired) electrons. The van der Waals surface area contributed by atoms with Gasteiger partial charge in [0, 0.05) is 48.6 Å². The van der Waals surface area contributed by atoms with E-state index in [-0.39, 0.29) is 17.7 Å². The van der Waals surface area contributed by atoms with E-state index in [1.807, 2.05) is 24.3 Å². The molecule has 4 heterocycles. The molecule has 1 aliphatic rings. The second-order valence-corrected chi connectivity index (χ2v) is 8.98. The van der Waals surface area contributed by atoms with Gasteiger partial charge in [0.25, 0.3) is 0 Å². The van der Waals surface area contributed by atoms with Crippen LogP contribution in [0.5, 0.6) is 0 Å². The lowest BCUT2D eigenvalue weighted by Crippen LogP contribution is -2.42. The van der Waals surface area contributed by atoms with E-state index in [2.05, 4.69) is 84.5 Å². The van der Waals surface area contributed by atoms with Crippen LogP contribution in [0.25, 0.3) is 16.6 Å². The molecule has 1 atom stereocenters. The molecule has 2 N–H and O–H groups in total. The second kappa shape index (κ2) is 9.17. The summed E-state index contributed by atoms with van der Waals surface area (Å²) in [6, 6.07) is 22.5. The van der Waals surface area contributed by atoms with Gasteiger partial charge >= 0.3 is 0 Å². The van der Waals surface area contributed by atoms with E-state index in [4.69, 9.17) is 0 Å². The molecule has 1 saturated heterocycles. The van der Waals surface area contributed by atoms with E-state index >= 15 is 0 Å². The van der Waals surface area contributed by atoms with Crippen LogP contribution >= 0.6 is 0 Å². The predicted octanol–water partition coefficient (Wildman–Crippen LogP) is 3.17. The monoisotopic (exact) mass is 466 g/mol. The number of tetrazole rings is 1. The Bertz CT molecular complexity index is 1450. The van der Waals surface area contributed by atoms with Crippen molar-refractivity contribution in [2.75, 3.05) is 24.5 Å². The summed E-state index contributed by atoms with van der Waals surface area (Å²) in [7, 11) is 0. The summed E-state index contributed by atoms with van der Waals surface area (Å²) < 4.78 is 1.43. The number of nitrogens with one attached hydrogen (secondary N) is 2. The molecular weight excluding hydrogens is 440 g/mol. The van der Waals surface area contributed by atoms with Crippen molar-refractivity contribution >= 4 is 28.3 Å². The molecule has 0 aliphatic carbocycles. The van der Waals surface area contributed by atoms with Gasteiger partial charge in [-0.1, -0.05) is 48.5 Å². The van der Waals surface area contributed by atoms with Crippen molar-refractivity contribution in [3.8, 4) is 0 Å². The summed E-state index contributed by atoms with van der Waals surface area (Å²) in [5.74, 6) is 1.01. The highest BCUT2D eigenvalue weighted by atomic mass is 16.1. The van der Waals surface area contributed by atoms with Crippen LogP contribution in [0.1, 0.15) is 29.9 Å². The SMILES string of the molecule is O=C(NC[C@H](c1ccccc1)c1c[nH]c2ccccc12)C1CCN(c2ccc3nnnn3n2)CC1. The lowest BCUT2D eigenvalue weighted by molar-refractivity contribution is -0.125. The van der Waals surface area contributed by atoms with E-state index in [1.54, 1.807) is 0 Å². The lowest BCUT2D eigenvalue weighted by atomic mass is 9.90. The van der Waals surface area contributed by atoms with Crippen LogP contribution in [0.15, 0.2) is 72.9 Å². The Hall–Kier alpha value is -4.27. The van der Waals surface area contributed by atoms with Crippen LogP contribution < -0.4 is 10.2 Å². The lowest BCUT2D eigenvalue weighted by Gasteiger charge is -2.32. The molecule has 3 aromatic heterocycles. The maximum absolute atomic E-state index is 13.2. The quantitative estimate of drug-likeness (QED) is 0.398. The third kappa shape index (κ3) is 4.21. The molecule has 9 nitrogen and oxygen atoms in total. The highest BCUT2D eigenvalue weighted by molar-refractivity contribution is 5.84. The Balaban J connectivity index is 1.13. The average Bonchev–Trinajstić information content (AvgIpc) is 3.56. The highest BCUT2D eigenvalue weighted by Crippen LogP contribution is 2.31. The zero-order valence-electron chi connectivity index (χ0n) is 19.2. The van der Waals surface area contributed by atoms with Gasteiger partial charge in [-0.3, -0.25) is 4.79 Å². The first-order chi connectivity index (χ1) is 17.3. The average molecular weight is 467 g/mol. The highest BCUT2D eigenvalue weighted by Gasteiger charge is 2.27. The molecular formula is C26H26N8O. The second-order valence-electron chi connectivity index (χ2n) is 8.98. The molecule has 0 saturated carbocycles. The van der Waals surface area contributed by atoms with Gasteiger partial charge in [-0.2, -0.15) is 0 Å². The molecule has 0 unspecified atom stereocenters. The summed E-state index contributed by atoms with van der Waals surface area (Å²) in [4.78, 5) is 18.7. The van der Waals surface area contributed by atoms with Crippen molar-refractivity contribution in [1.29, 1.82) is 0 Å². The van der Waals surface area contributed by atoms with Crippen LogP contribution in [-0.2, 0) is 4.79 Å². The number of H-pyrrole nitrogens is 1. The summed E-state index contributed by atoms with van der Waals surface area (Å²) in [6.07, 6.45) is 3.63. The van der Waals surface area contributed by atoms with E-state index in [9.17, 15) is 4.79 Å². The molecule has 0 spiro atoms. The molecule has 0 bridgehead atoms. The number of nitrogens with zero attached hydrogens (tertiary/aromatic N) is 6. The summed E-state index contributed by atoms with van der Waals surface area (Å²) in [5, 5.41) is 20.3. The van der Waals surface area contributed by atoms with E-state index in [0.717, 1.165) is 37.3 Å². The minimum atomic E-state index is -0.0117. The molecule has 5 aromatic rings. The number of benzene rings is 2. The van der Waals surface area contributed by atoms with Gasteiger partial charge in [-0.15, -0.1) is 14.8 Å². The van der Waals surface area contributed by atoms with Crippen LogP contribution in [0, 0.1) is 5.92 Å². The van der Waals surface area contributed by atoms with Gasteiger partial charge in [-0.05, 0) is 52.6 Å². The van der Waals surface area contributed by atoms with Crippen molar-refractivity contribution in [3.63, 3.8) is 0 Å². The molecule has 1 amide bonds. The maximum atomic E-state index is 13.2. The maximum Gasteiger partial charge on any atom is 0.223 e. The van der Waals surface area contributed by atoms with Crippen molar-refractivity contribution in [2.24, 2.45) is 5.92 Å². The van der Waals surface area contributed by atoms with Crippen LogP contribution in [0.4, 0.5) is 5.82 Å². The van der Waals surface area contributed by atoms with E-state index in [1.165, 1.54) is 21.1 Å². The van der Waals surface area contributed by atoms with Gasteiger partial charge in [-0.25, -0.2) is 0 Å². The number of amides is 1. The number of aromatic nitrogens is 6. The Labute approximate surface area is 202 Å². The molecule has 2 aromatic carbocycles. The minimum Gasteiger partial charge on any atom is -0.361 e. The van der Waals surface area contributed by atoms with Crippen LogP contribution in [-0.4, -0.2) is 55.8 Å². The van der Waals surface area contributed by atoms with Crippen molar-refractivity contribution in [2.45, 2.75) is 18.8 Å². The van der Waals surface area contributed by atoms with Gasteiger partial charge in [0.2, 0.25) is 5.91 Å². The first kappa shape index (κ1) is 21.3. The number of hydrogen-bond acceptors (Lipinski definition) is 6. The fourth-order valence-corrected chi connectivity index (χ4v) is 5.00. The summed E-state index contributed by atoms with van der Waals surface area (Å²) in [5.41, 5.74) is 4.12. The predicted molar refractivity (Wildman–Crippen MR) is 133 cm³/mol. The third-order valence-corrected chi connectivity index (χ3v) is 6.92. The third-order valence-electron chi connectivity index (χ3n) is 6.92. The van der Waals surface area contributed by atoms with Gasteiger partial charge in [0.1, 0.15) is 0 Å². The van der Waals surface area contributed by atoms with Crippen molar-refractivity contribution in [1.82, 2.24) is 35.6 Å². The number of para-hydroxylation sites is 1. The molecule has 6 rings (SSSR count). The molecule has 35 heavy (non-hydrogen) atoms. The van der Waals surface area contributed by atoms with Gasteiger partial charge < -0.3 is 15.2 Å². The number of piperidine rings is 1. The fraction of sp³-hybridized carbons (Fsp3) is 0.269. The first-order valence-corrected chi connectivity index (χ1v) is 12.0. The number of carbonyl (C=O) groups is 1. The van der Waals surface area contributed by atoms with Crippen molar-refractivity contribution in [3.05, 3.63) is 84.1 Å². The Kier molecular flexibility index (Phi) is 5.57. The zero-order chi connectivity index (χ0) is 23.6. The largest absolute Gasteiger partial charge is 0.361 e. The molecule has 9 heteroatoms. The van der Waals surface area contributed by atoms with Crippen LogP contribution in [0.3, 0.4) is 0 Å². The Morgan fingerprint density at radius 1 is 1.03 bits per heavy atom. The molecule has 1 aliphatic heterocycles. The molecule has 1 fully saturated rings.